The van der Waals surface area contributed by atoms with Crippen LogP contribution in [0.5, 0.6) is 0 Å². The maximum absolute atomic E-state index is 13.3. The van der Waals surface area contributed by atoms with E-state index in [0.29, 0.717) is 40.3 Å². The van der Waals surface area contributed by atoms with Crippen LogP contribution < -0.4 is 5.43 Å². The summed E-state index contributed by atoms with van der Waals surface area (Å²) in [6.07, 6.45) is 0.548. The van der Waals surface area contributed by atoms with Crippen molar-refractivity contribution >= 4 is 51.3 Å². The molecule has 1 fully saturated rings. The van der Waals surface area contributed by atoms with Crippen LogP contribution in [0.25, 0.3) is 16.9 Å². The molecule has 1 aromatic heterocycles. The summed E-state index contributed by atoms with van der Waals surface area (Å²) in [7, 11) is -2.56. The van der Waals surface area contributed by atoms with Crippen LogP contribution in [0, 0.1) is 0 Å². The fourth-order valence-electron chi connectivity index (χ4n) is 3.73. The van der Waals surface area contributed by atoms with Crippen molar-refractivity contribution in [1.82, 2.24) is 20.2 Å². The highest BCUT2D eigenvalue weighted by Gasteiger charge is 2.28. The topological polar surface area (TPSA) is 90.6 Å². The molecular weight excluding hydrogens is 507 g/mol. The van der Waals surface area contributed by atoms with E-state index in [9.17, 15) is 13.9 Å². The first-order chi connectivity index (χ1) is 15.7. The van der Waals surface area contributed by atoms with Gasteiger partial charge < -0.3 is 0 Å². The van der Waals surface area contributed by atoms with Gasteiger partial charge in [0.15, 0.2) is 5.69 Å². The Morgan fingerprint density at radius 1 is 1.06 bits per heavy atom. The number of nitrogens with zero attached hydrogens (tertiary/aromatic N) is 3. The first-order valence-corrected chi connectivity index (χ1v) is 13.3. The molecule has 3 aromatic rings. The number of carbonyl (C=O) groups excluding carboxylic acids is 1. The highest BCUT2D eigenvalue weighted by atomic mass is 35.5. The zero-order valence-corrected chi connectivity index (χ0v) is 20.8. The van der Waals surface area contributed by atoms with Crippen molar-refractivity contribution in [3.05, 3.63) is 68.8 Å². The molecule has 4 rings (SSSR count). The Kier molecular flexibility index (Phi) is 7.26. The van der Waals surface area contributed by atoms with Gasteiger partial charge >= 0.3 is 0 Å². The molecule has 11 heteroatoms. The molecule has 0 saturated carbocycles. The number of hydrazine groups is 1. The van der Waals surface area contributed by atoms with Crippen LogP contribution in [0.2, 0.25) is 15.1 Å². The summed E-state index contributed by atoms with van der Waals surface area (Å²) in [6, 6.07) is 12.4. The van der Waals surface area contributed by atoms with Crippen molar-refractivity contribution in [1.29, 1.82) is 0 Å². The van der Waals surface area contributed by atoms with Crippen LogP contribution in [0.15, 0.2) is 42.5 Å². The summed E-state index contributed by atoms with van der Waals surface area (Å²) in [6.45, 7) is 2.66. The number of halogens is 3. The van der Waals surface area contributed by atoms with Crippen LogP contribution in [-0.2, 0) is 6.42 Å². The average Bonchev–Trinajstić information content (AvgIpc) is 3.15. The van der Waals surface area contributed by atoms with Gasteiger partial charge in [0.25, 0.3) is 5.91 Å². The van der Waals surface area contributed by atoms with E-state index < -0.39 is 10.6 Å². The number of hydrogen-bond donors (Lipinski definition) is 3. The number of nitrogens with one attached hydrogen (secondary N) is 1. The highest BCUT2D eigenvalue weighted by Crippen LogP contribution is 2.40. The van der Waals surface area contributed by atoms with Crippen LogP contribution >= 0.6 is 45.4 Å². The van der Waals surface area contributed by atoms with E-state index in [-0.39, 0.29) is 23.1 Å². The zero-order valence-electron chi connectivity index (χ0n) is 17.8. The summed E-state index contributed by atoms with van der Waals surface area (Å²) >= 11 is 18.7. The van der Waals surface area contributed by atoms with Gasteiger partial charge in [0, 0.05) is 34.3 Å². The molecule has 0 bridgehead atoms. The van der Waals surface area contributed by atoms with Crippen molar-refractivity contribution in [2.45, 2.75) is 13.3 Å². The molecule has 2 aromatic carbocycles. The quantitative estimate of drug-likeness (QED) is 0.390. The molecule has 1 saturated heterocycles. The van der Waals surface area contributed by atoms with Crippen molar-refractivity contribution < 1.29 is 13.9 Å². The number of amides is 1. The molecule has 1 aliphatic rings. The van der Waals surface area contributed by atoms with E-state index in [0.717, 1.165) is 16.8 Å². The largest absolute Gasteiger partial charge is 0.299 e. The van der Waals surface area contributed by atoms with Crippen molar-refractivity contribution in [2.24, 2.45) is 0 Å². The monoisotopic (exact) mass is 528 g/mol. The Bertz CT molecular complexity index is 1170. The average molecular weight is 530 g/mol. The lowest BCUT2D eigenvalue weighted by Crippen LogP contribution is -2.49. The van der Waals surface area contributed by atoms with Gasteiger partial charge in [0.05, 0.1) is 27.9 Å². The summed E-state index contributed by atoms with van der Waals surface area (Å²) in [5, 5.41) is 7.84. The lowest BCUT2D eigenvalue weighted by atomic mass is 10.0. The first kappa shape index (κ1) is 24.3. The molecule has 3 N–H and O–H groups in total. The standard InChI is InChI=1S/C22H23Cl3N4O3S/c1-2-17-20(22(30)27-28-9-11-33(31,32)12-10-28)26-29(19-8-7-16(24)13-18(19)25)21(17)14-3-5-15(23)6-4-14/h3-8,13,31-32H,2,9-12H2,1H3,(H,27,30). The second kappa shape index (κ2) is 9.84. The number of rotatable bonds is 5. The summed E-state index contributed by atoms with van der Waals surface area (Å²) < 4.78 is 21.3. The maximum Gasteiger partial charge on any atom is 0.286 e. The first-order valence-electron chi connectivity index (χ1n) is 10.3. The number of benzene rings is 2. The number of aromatic nitrogens is 2. The second-order valence-electron chi connectivity index (χ2n) is 7.68. The van der Waals surface area contributed by atoms with E-state index in [4.69, 9.17) is 34.8 Å². The SMILES string of the molecule is CCc1c(C(=O)NN2CCS(O)(O)CC2)nn(-c2ccc(Cl)cc2Cl)c1-c1ccc(Cl)cc1. The Morgan fingerprint density at radius 2 is 1.70 bits per heavy atom. The van der Waals surface area contributed by atoms with Gasteiger partial charge in [-0.2, -0.15) is 15.7 Å². The van der Waals surface area contributed by atoms with E-state index >= 15 is 0 Å². The van der Waals surface area contributed by atoms with Gasteiger partial charge in [-0.05, 0) is 36.8 Å². The Morgan fingerprint density at radius 3 is 2.30 bits per heavy atom. The van der Waals surface area contributed by atoms with Gasteiger partial charge in [0.1, 0.15) is 0 Å². The van der Waals surface area contributed by atoms with Gasteiger partial charge in [-0.3, -0.25) is 19.3 Å². The third-order valence-corrected chi connectivity index (χ3v) is 7.91. The lowest BCUT2D eigenvalue weighted by Gasteiger charge is -2.40. The summed E-state index contributed by atoms with van der Waals surface area (Å²) in [5.74, 6) is 0.0710. The Labute approximate surface area is 208 Å². The predicted octanol–water partition coefficient (Wildman–Crippen LogP) is 5.77. The second-order valence-corrected chi connectivity index (χ2v) is 11.4. The number of hydrogen-bond acceptors (Lipinski definition) is 5. The van der Waals surface area contributed by atoms with E-state index in [1.54, 1.807) is 40.0 Å². The van der Waals surface area contributed by atoms with Gasteiger partial charge in [0.2, 0.25) is 0 Å². The van der Waals surface area contributed by atoms with Crippen LogP contribution in [0.4, 0.5) is 0 Å². The molecule has 2 heterocycles. The molecule has 176 valence electrons. The fourth-order valence-corrected chi connectivity index (χ4v) is 5.58. The molecule has 1 aliphatic heterocycles. The Hall–Kier alpha value is -1.78. The molecule has 7 nitrogen and oxygen atoms in total. The molecule has 0 radical (unpaired) electrons. The van der Waals surface area contributed by atoms with Crippen molar-refractivity contribution in [3.63, 3.8) is 0 Å². The minimum atomic E-state index is -2.56. The minimum Gasteiger partial charge on any atom is -0.299 e. The minimum absolute atomic E-state index is 0.221. The Balaban J connectivity index is 1.78. The van der Waals surface area contributed by atoms with Gasteiger partial charge in [-0.25, -0.2) is 9.69 Å². The van der Waals surface area contributed by atoms with E-state index in [1.807, 2.05) is 19.1 Å². The summed E-state index contributed by atoms with van der Waals surface area (Å²) in [4.78, 5) is 13.3. The van der Waals surface area contributed by atoms with Crippen molar-refractivity contribution in [2.75, 3.05) is 24.6 Å². The molecule has 0 spiro atoms. The molecule has 0 atom stereocenters. The van der Waals surface area contributed by atoms with Crippen molar-refractivity contribution in [3.8, 4) is 16.9 Å². The third-order valence-electron chi connectivity index (χ3n) is 5.44. The lowest BCUT2D eigenvalue weighted by molar-refractivity contribution is 0.0792. The van der Waals surface area contributed by atoms with Crippen LogP contribution in [0.3, 0.4) is 0 Å². The predicted molar refractivity (Wildman–Crippen MR) is 135 cm³/mol. The molecule has 1 amide bonds. The third kappa shape index (κ3) is 5.33. The van der Waals surface area contributed by atoms with Gasteiger partial charge in [-0.15, -0.1) is 0 Å². The van der Waals surface area contributed by atoms with E-state index in [1.165, 1.54) is 0 Å². The molecule has 33 heavy (non-hydrogen) atoms. The highest BCUT2D eigenvalue weighted by molar-refractivity contribution is 8.24. The zero-order chi connectivity index (χ0) is 23.8. The van der Waals surface area contributed by atoms with Gasteiger partial charge in [-0.1, -0.05) is 53.9 Å². The normalized spacial score (nSPS) is 17.0. The molecule has 0 aliphatic carbocycles. The summed E-state index contributed by atoms with van der Waals surface area (Å²) in [5.41, 5.74) is 6.04. The molecular formula is C22H23Cl3N4O3S. The smallest absolute Gasteiger partial charge is 0.286 e. The van der Waals surface area contributed by atoms with Crippen LogP contribution in [-0.4, -0.2) is 54.4 Å². The fraction of sp³-hybridized carbons (Fsp3) is 0.273. The maximum atomic E-state index is 13.3. The van der Waals surface area contributed by atoms with Crippen LogP contribution in [0.1, 0.15) is 23.0 Å². The number of carbonyl (C=O) groups is 1. The van der Waals surface area contributed by atoms with E-state index in [2.05, 4.69) is 10.5 Å². The molecule has 0 unspecified atom stereocenters.